The summed E-state index contributed by atoms with van der Waals surface area (Å²) in [6, 6.07) is 9.79. The van der Waals surface area contributed by atoms with E-state index in [2.05, 4.69) is 27.0 Å². The number of urea groups is 1. The lowest BCUT2D eigenvalue weighted by Crippen LogP contribution is -2.38. The third-order valence-corrected chi connectivity index (χ3v) is 5.22. The molecule has 0 aliphatic carbocycles. The second-order valence-electron chi connectivity index (χ2n) is 5.91. The number of thiophene rings is 1. The van der Waals surface area contributed by atoms with Crippen molar-refractivity contribution in [3.05, 3.63) is 56.8 Å². The van der Waals surface area contributed by atoms with Crippen molar-refractivity contribution >= 4 is 28.7 Å². The first kappa shape index (κ1) is 17.4. The fourth-order valence-electron chi connectivity index (χ4n) is 2.97. The first-order valence-electron chi connectivity index (χ1n) is 8.20. The average Bonchev–Trinajstić information content (AvgIpc) is 3.29. The van der Waals surface area contributed by atoms with Gasteiger partial charge in [-0.3, -0.25) is 15.0 Å². The van der Waals surface area contributed by atoms with Crippen molar-refractivity contribution < 1.29 is 9.72 Å². The van der Waals surface area contributed by atoms with Crippen LogP contribution in [0.5, 0.6) is 0 Å². The highest BCUT2D eigenvalue weighted by atomic mass is 32.1. The summed E-state index contributed by atoms with van der Waals surface area (Å²) in [7, 11) is 0. The van der Waals surface area contributed by atoms with Crippen LogP contribution in [0.1, 0.15) is 23.8 Å². The molecule has 1 aliphatic rings. The summed E-state index contributed by atoms with van der Waals surface area (Å²) in [5.74, 6) is 0. The molecule has 25 heavy (non-hydrogen) atoms. The van der Waals surface area contributed by atoms with Gasteiger partial charge in [0.1, 0.15) is 0 Å². The largest absolute Gasteiger partial charge is 0.336 e. The Labute approximate surface area is 149 Å². The van der Waals surface area contributed by atoms with Crippen LogP contribution in [-0.4, -0.2) is 35.5 Å². The van der Waals surface area contributed by atoms with Gasteiger partial charge < -0.3 is 10.6 Å². The zero-order chi connectivity index (χ0) is 17.6. The highest BCUT2D eigenvalue weighted by molar-refractivity contribution is 7.10. The minimum Gasteiger partial charge on any atom is -0.336 e. The van der Waals surface area contributed by atoms with Crippen LogP contribution < -0.4 is 10.6 Å². The minimum atomic E-state index is -0.467. The lowest BCUT2D eigenvalue weighted by molar-refractivity contribution is -0.384. The number of likely N-dealkylation sites (tertiary alicyclic amines) is 1. The molecule has 1 aromatic heterocycles. The molecule has 8 heteroatoms. The SMILES string of the molecule is O=C(NC[C@@H](c1cccs1)N1CCCC1)Nc1ccc([N+](=O)[O-])cc1. The lowest BCUT2D eigenvalue weighted by Gasteiger charge is -2.26. The van der Waals surface area contributed by atoms with E-state index in [1.165, 1.54) is 42.0 Å². The van der Waals surface area contributed by atoms with E-state index in [-0.39, 0.29) is 17.8 Å². The van der Waals surface area contributed by atoms with Gasteiger partial charge in [0.15, 0.2) is 0 Å². The average molecular weight is 360 g/mol. The number of rotatable bonds is 6. The molecule has 1 aromatic carbocycles. The van der Waals surface area contributed by atoms with Gasteiger partial charge in [-0.2, -0.15) is 0 Å². The molecule has 0 radical (unpaired) electrons. The Kier molecular flexibility index (Phi) is 5.62. The van der Waals surface area contributed by atoms with Gasteiger partial charge in [0.25, 0.3) is 5.69 Å². The number of amides is 2. The second-order valence-corrected chi connectivity index (χ2v) is 6.89. The van der Waals surface area contributed by atoms with Gasteiger partial charge in [-0.1, -0.05) is 6.07 Å². The monoisotopic (exact) mass is 360 g/mol. The van der Waals surface area contributed by atoms with E-state index >= 15 is 0 Å². The number of benzene rings is 1. The quantitative estimate of drug-likeness (QED) is 0.608. The fourth-order valence-corrected chi connectivity index (χ4v) is 3.84. The number of nitrogens with one attached hydrogen (secondary N) is 2. The van der Waals surface area contributed by atoms with Crippen LogP contribution in [0.3, 0.4) is 0 Å². The second kappa shape index (κ2) is 8.09. The Morgan fingerprint density at radius 1 is 1.24 bits per heavy atom. The topological polar surface area (TPSA) is 87.5 Å². The van der Waals surface area contributed by atoms with Gasteiger partial charge in [0.05, 0.1) is 11.0 Å². The standard InChI is InChI=1S/C17H20N4O3S/c22-17(19-13-5-7-14(8-6-13)21(23)24)18-12-15(16-4-3-11-25-16)20-9-1-2-10-20/h3-8,11,15H,1-2,9-10,12H2,(H2,18,19,22)/t15-/m0/s1. The van der Waals surface area contributed by atoms with Crippen molar-refractivity contribution in [3.63, 3.8) is 0 Å². The van der Waals surface area contributed by atoms with Gasteiger partial charge in [0.2, 0.25) is 0 Å². The number of carbonyl (C=O) groups is 1. The summed E-state index contributed by atoms with van der Waals surface area (Å²) in [5, 5.41) is 18.3. The Bertz CT molecular complexity index is 712. The summed E-state index contributed by atoms with van der Waals surface area (Å²) in [6.45, 7) is 2.63. The predicted molar refractivity (Wildman–Crippen MR) is 98.0 cm³/mol. The third kappa shape index (κ3) is 4.55. The summed E-state index contributed by atoms with van der Waals surface area (Å²) >= 11 is 1.70. The first-order chi connectivity index (χ1) is 12.1. The van der Waals surface area contributed by atoms with Crippen LogP contribution in [0.15, 0.2) is 41.8 Å². The molecule has 1 aliphatic heterocycles. The summed E-state index contributed by atoms with van der Waals surface area (Å²) < 4.78 is 0. The van der Waals surface area contributed by atoms with E-state index in [0.717, 1.165) is 13.1 Å². The molecule has 2 heterocycles. The van der Waals surface area contributed by atoms with Gasteiger partial charge in [-0.25, -0.2) is 4.79 Å². The molecule has 0 bridgehead atoms. The molecule has 3 rings (SSSR count). The number of carbonyl (C=O) groups excluding carboxylic acids is 1. The van der Waals surface area contributed by atoms with E-state index < -0.39 is 4.92 Å². The van der Waals surface area contributed by atoms with E-state index in [1.807, 2.05) is 6.07 Å². The zero-order valence-electron chi connectivity index (χ0n) is 13.7. The molecule has 0 saturated carbocycles. The van der Waals surface area contributed by atoms with Crippen molar-refractivity contribution in [1.29, 1.82) is 0 Å². The number of non-ortho nitro benzene ring substituents is 1. The number of nitro groups is 1. The number of anilines is 1. The van der Waals surface area contributed by atoms with Gasteiger partial charge in [-0.15, -0.1) is 11.3 Å². The Morgan fingerprint density at radius 3 is 2.56 bits per heavy atom. The summed E-state index contributed by atoms with van der Waals surface area (Å²) in [4.78, 5) is 26.0. The lowest BCUT2D eigenvalue weighted by atomic mass is 10.2. The normalized spacial score (nSPS) is 15.7. The van der Waals surface area contributed by atoms with Crippen molar-refractivity contribution in [3.8, 4) is 0 Å². The summed E-state index contributed by atoms with van der Waals surface area (Å²) in [5.41, 5.74) is 0.523. The molecular weight excluding hydrogens is 340 g/mol. The van der Waals surface area contributed by atoms with Crippen molar-refractivity contribution in [2.45, 2.75) is 18.9 Å². The van der Waals surface area contributed by atoms with E-state index in [0.29, 0.717) is 12.2 Å². The maximum Gasteiger partial charge on any atom is 0.319 e. The van der Waals surface area contributed by atoms with Crippen LogP contribution in [0.4, 0.5) is 16.2 Å². The third-order valence-electron chi connectivity index (χ3n) is 4.24. The molecule has 132 valence electrons. The molecule has 0 unspecified atom stereocenters. The van der Waals surface area contributed by atoms with Crippen LogP contribution >= 0.6 is 11.3 Å². The van der Waals surface area contributed by atoms with E-state index in [1.54, 1.807) is 11.3 Å². The zero-order valence-corrected chi connectivity index (χ0v) is 14.5. The van der Waals surface area contributed by atoms with Crippen LogP contribution in [-0.2, 0) is 0 Å². The molecule has 0 spiro atoms. The summed E-state index contributed by atoms with van der Waals surface area (Å²) in [6.07, 6.45) is 2.38. The van der Waals surface area contributed by atoms with Crippen LogP contribution in [0.25, 0.3) is 0 Å². The highest BCUT2D eigenvalue weighted by Gasteiger charge is 2.24. The van der Waals surface area contributed by atoms with Crippen molar-refractivity contribution in [2.75, 3.05) is 25.0 Å². The molecular formula is C17H20N4O3S. The van der Waals surface area contributed by atoms with Crippen molar-refractivity contribution in [1.82, 2.24) is 10.2 Å². The van der Waals surface area contributed by atoms with Gasteiger partial charge in [0, 0.05) is 29.2 Å². The maximum absolute atomic E-state index is 12.1. The smallest absolute Gasteiger partial charge is 0.319 e. The molecule has 7 nitrogen and oxygen atoms in total. The number of nitro benzene ring substituents is 1. The molecule has 1 fully saturated rings. The van der Waals surface area contributed by atoms with E-state index in [4.69, 9.17) is 0 Å². The Balaban J connectivity index is 1.57. The maximum atomic E-state index is 12.1. The number of nitrogens with zero attached hydrogens (tertiary/aromatic N) is 2. The molecule has 1 saturated heterocycles. The van der Waals surface area contributed by atoms with Crippen LogP contribution in [0.2, 0.25) is 0 Å². The minimum absolute atomic E-state index is 0.00208. The van der Waals surface area contributed by atoms with Crippen molar-refractivity contribution in [2.24, 2.45) is 0 Å². The molecule has 2 aromatic rings. The Hall–Kier alpha value is -2.45. The van der Waals surface area contributed by atoms with Gasteiger partial charge in [-0.05, 0) is 49.5 Å². The molecule has 2 N–H and O–H groups in total. The van der Waals surface area contributed by atoms with Gasteiger partial charge >= 0.3 is 6.03 Å². The fraction of sp³-hybridized carbons (Fsp3) is 0.353. The van der Waals surface area contributed by atoms with E-state index in [9.17, 15) is 14.9 Å². The Morgan fingerprint density at radius 2 is 1.96 bits per heavy atom. The molecule has 1 atom stereocenters. The highest BCUT2D eigenvalue weighted by Crippen LogP contribution is 2.27. The number of hydrogen-bond acceptors (Lipinski definition) is 5. The number of hydrogen-bond donors (Lipinski definition) is 2. The van der Waals surface area contributed by atoms with Crippen LogP contribution in [0, 0.1) is 10.1 Å². The first-order valence-corrected chi connectivity index (χ1v) is 9.08. The molecule has 2 amide bonds. The predicted octanol–water partition coefficient (Wildman–Crippen LogP) is 3.61.